The lowest BCUT2D eigenvalue weighted by Crippen LogP contribution is -2.26. The molecular weight excluding hydrogens is 388 g/mol. The number of nitrogens with zero attached hydrogens (tertiary/aromatic N) is 6. The van der Waals surface area contributed by atoms with Gasteiger partial charge in [0.2, 0.25) is 4.77 Å². The number of hydrogen-bond acceptors (Lipinski definition) is 6. The summed E-state index contributed by atoms with van der Waals surface area (Å²) in [6.07, 6.45) is 0. The van der Waals surface area contributed by atoms with E-state index in [4.69, 9.17) is 17.2 Å². The van der Waals surface area contributed by atoms with E-state index in [9.17, 15) is 0 Å². The van der Waals surface area contributed by atoms with E-state index >= 15 is 0 Å². The summed E-state index contributed by atoms with van der Waals surface area (Å²) < 4.78 is 5.24. The van der Waals surface area contributed by atoms with E-state index in [1.54, 1.807) is 20.7 Å². The molecule has 0 fully saturated rings. The lowest BCUT2D eigenvalue weighted by atomic mass is 10.1. The molecule has 2 heterocycles. The molecule has 0 aliphatic carbocycles. The molecule has 0 N–H and O–H groups in total. The van der Waals surface area contributed by atoms with Gasteiger partial charge in [0.15, 0.2) is 0 Å². The summed E-state index contributed by atoms with van der Waals surface area (Å²) in [4.78, 5) is 6.94. The quantitative estimate of drug-likeness (QED) is 0.447. The summed E-state index contributed by atoms with van der Waals surface area (Å²) >= 11 is 7.35. The smallest absolute Gasteiger partial charge is 0.221 e. The Morgan fingerprint density at radius 2 is 1.82 bits per heavy atom. The van der Waals surface area contributed by atoms with Gasteiger partial charge in [0.05, 0.1) is 28.6 Å². The SMILES string of the molecule is Cc1cc(C)cc(-n2nnn(CN(C)[C@@H](C)c3nc4ccccc4s3)c2=S)c1. The van der Waals surface area contributed by atoms with E-state index in [2.05, 4.69) is 60.4 Å². The van der Waals surface area contributed by atoms with E-state index < -0.39 is 0 Å². The Bertz CT molecular complexity index is 1140. The van der Waals surface area contributed by atoms with Crippen LogP contribution in [-0.2, 0) is 6.67 Å². The Kier molecular flexibility index (Phi) is 5.09. The Morgan fingerprint density at radius 3 is 2.54 bits per heavy atom. The van der Waals surface area contributed by atoms with Crippen molar-refractivity contribution in [1.29, 1.82) is 0 Å². The maximum Gasteiger partial charge on any atom is 0.221 e. The number of aromatic nitrogens is 5. The fourth-order valence-electron chi connectivity index (χ4n) is 3.19. The first kappa shape index (κ1) is 18.9. The highest BCUT2D eigenvalue weighted by atomic mass is 32.1. The van der Waals surface area contributed by atoms with Gasteiger partial charge in [0.1, 0.15) is 5.01 Å². The number of aryl methyl sites for hydroxylation is 2. The fraction of sp³-hybridized carbons (Fsp3) is 0.300. The van der Waals surface area contributed by atoms with Crippen molar-refractivity contribution in [2.75, 3.05) is 7.05 Å². The van der Waals surface area contributed by atoms with Crippen molar-refractivity contribution in [1.82, 2.24) is 29.7 Å². The van der Waals surface area contributed by atoms with E-state index in [1.165, 1.54) is 15.8 Å². The number of para-hydroxylation sites is 1. The molecule has 0 unspecified atom stereocenters. The van der Waals surface area contributed by atoms with Gasteiger partial charge in [-0.15, -0.1) is 11.3 Å². The Balaban J connectivity index is 1.57. The zero-order valence-electron chi connectivity index (χ0n) is 16.3. The Morgan fingerprint density at radius 1 is 1.11 bits per heavy atom. The fourth-order valence-corrected chi connectivity index (χ4v) is 4.51. The van der Waals surface area contributed by atoms with Crippen LogP contribution in [0.5, 0.6) is 0 Å². The first-order chi connectivity index (χ1) is 13.4. The summed E-state index contributed by atoms with van der Waals surface area (Å²) in [5.74, 6) is 0. The molecule has 0 spiro atoms. The normalized spacial score (nSPS) is 12.8. The molecule has 4 rings (SSSR count). The topological polar surface area (TPSA) is 51.8 Å². The van der Waals surface area contributed by atoms with Gasteiger partial charge >= 0.3 is 0 Å². The van der Waals surface area contributed by atoms with Crippen LogP contribution in [0.4, 0.5) is 0 Å². The number of thiazole rings is 1. The molecule has 0 aliphatic heterocycles. The molecule has 4 aromatic rings. The third kappa shape index (κ3) is 3.63. The van der Waals surface area contributed by atoms with Crippen molar-refractivity contribution < 1.29 is 0 Å². The predicted molar refractivity (Wildman–Crippen MR) is 115 cm³/mol. The molecular formula is C20H22N6S2. The molecule has 8 heteroatoms. The van der Waals surface area contributed by atoms with E-state index in [-0.39, 0.29) is 6.04 Å². The van der Waals surface area contributed by atoms with Gasteiger partial charge < -0.3 is 0 Å². The van der Waals surface area contributed by atoms with E-state index in [0.717, 1.165) is 16.2 Å². The molecule has 1 atom stereocenters. The second-order valence-electron chi connectivity index (χ2n) is 7.11. The lowest BCUT2D eigenvalue weighted by Gasteiger charge is -2.22. The predicted octanol–water partition coefficient (Wildman–Crippen LogP) is 4.68. The Labute approximate surface area is 173 Å². The third-order valence-electron chi connectivity index (χ3n) is 4.78. The summed E-state index contributed by atoms with van der Waals surface area (Å²) in [6.45, 7) is 6.83. The van der Waals surface area contributed by atoms with Crippen LogP contribution in [0.2, 0.25) is 0 Å². The van der Waals surface area contributed by atoms with Crippen LogP contribution in [0, 0.1) is 18.6 Å². The molecule has 6 nitrogen and oxygen atoms in total. The second kappa shape index (κ2) is 7.54. The molecule has 0 saturated heterocycles. The second-order valence-corrected chi connectivity index (χ2v) is 8.54. The van der Waals surface area contributed by atoms with Gasteiger partial charge in [-0.05, 0) is 85.9 Å². The zero-order valence-corrected chi connectivity index (χ0v) is 18.0. The van der Waals surface area contributed by atoms with E-state index in [1.807, 2.05) is 25.2 Å². The number of tetrazole rings is 1. The van der Waals surface area contributed by atoms with Crippen LogP contribution >= 0.6 is 23.6 Å². The van der Waals surface area contributed by atoms with Crippen LogP contribution in [-0.4, -0.2) is 36.7 Å². The molecule has 2 aromatic carbocycles. The number of fused-ring (bicyclic) bond motifs is 1. The van der Waals surface area contributed by atoms with Gasteiger partial charge in [-0.2, -0.15) is 4.68 Å². The van der Waals surface area contributed by atoms with Gasteiger partial charge in [0, 0.05) is 0 Å². The van der Waals surface area contributed by atoms with Crippen molar-refractivity contribution in [2.24, 2.45) is 0 Å². The Hall–Kier alpha value is -2.42. The monoisotopic (exact) mass is 410 g/mol. The highest BCUT2D eigenvalue weighted by molar-refractivity contribution is 7.71. The molecule has 28 heavy (non-hydrogen) atoms. The largest absolute Gasteiger partial charge is 0.278 e. The molecule has 0 aliphatic rings. The minimum Gasteiger partial charge on any atom is -0.278 e. The molecule has 0 bridgehead atoms. The number of benzene rings is 2. The molecule has 2 aromatic heterocycles. The highest BCUT2D eigenvalue weighted by Crippen LogP contribution is 2.29. The van der Waals surface area contributed by atoms with E-state index in [0.29, 0.717) is 11.4 Å². The van der Waals surface area contributed by atoms with Crippen LogP contribution in [0.25, 0.3) is 15.9 Å². The van der Waals surface area contributed by atoms with Crippen LogP contribution in [0.15, 0.2) is 42.5 Å². The third-order valence-corrected chi connectivity index (χ3v) is 6.37. The van der Waals surface area contributed by atoms with Crippen molar-refractivity contribution >= 4 is 33.8 Å². The molecule has 0 saturated carbocycles. The first-order valence-corrected chi connectivity index (χ1v) is 10.3. The van der Waals surface area contributed by atoms with Crippen molar-refractivity contribution in [3.8, 4) is 5.69 Å². The summed E-state index contributed by atoms with van der Waals surface area (Å²) in [7, 11) is 2.05. The first-order valence-electron chi connectivity index (χ1n) is 9.09. The summed E-state index contributed by atoms with van der Waals surface area (Å²) in [6, 6.07) is 14.6. The summed E-state index contributed by atoms with van der Waals surface area (Å²) in [5.41, 5.74) is 4.33. The molecule has 144 valence electrons. The zero-order chi connectivity index (χ0) is 19.8. The summed E-state index contributed by atoms with van der Waals surface area (Å²) in [5, 5.41) is 9.63. The van der Waals surface area contributed by atoms with Crippen molar-refractivity contribution in [3.05, 3.63) is 63.4 Å². The molecule has 0 amide bonds. The average Bonchev–Trinajstić information content (AvgIpc) is 3.24. The van der Waals surface area contributed by atoms with Crippen LogP contribution in [0.1, 0.15) is 29.1 Å². The van der Waals surface area contributed by atoms with Gasteiger partial charge in [-0.25, -0.2) is 9.67 Å². The average molecular weight is 411 g/mol. The highest BCUT2D eigenvalue weighted by Gasteiger charge is 2.18. The van der Waals surface area contributed by atoms with Gasteiger partial charge in [-0.3, -0.25) is 4.90 Å². The maximum atomic E-state index is 5.63. The van der Waals surface area contributed by atoms with Crippen molar-refractivity contribution in [2.45, 2.75) is 33.5 Å². The maximum absolute atomic E-state index is 5.63. The minimum absolute atomic E-state index is 0.144. The van der Waals surface area contributed by atoms with Gasteiger partial charge in [0.25, 0.3) is 0 Å². The number of rotatable bonds is 5. The van der Waals surface area contributed by atoms with Crippen molar-refractivity contribution in [3.63, 3.8) is 0 Å². The van der Waals surface area contributed by atoms with Crippen LogP contribution in [0.3, 0.4) is 0 Å². The standard InChI is InChI=1S/C20H22N6S2/c1-13-9-14(2)11-16(10-13)26-20(27)25(22-23-26)12-24(4)15(3)19-21-17-7-5-6-8-18(17)28-19/h5-11,15H,12H2,1-4H3/t15-/m0/s1. The lowest BCUT2D eigenvalue weighted by molar-refractivity contribution is 0.193. The number of hydrogen-bond donors (Lipinski definition) is 0. The minimum atomic E-state index is 0.144. The van der Waals surface area contributed by atoms with Crippen LogP contribution < -0.4 is 0 Å². The van der Waals surface area contributed by atoms with Gasteiger partial charge in [-0.1, -0.05) is 18.2 Å². The molecule has 0 radical (unpaired) electrons.